The van der Waals surface area contributed by atoms with Crippen molar-refractivity contribution in [3.63, 3.8) is 0 Å². The molecule has 0 spiro atoms. The van der Waals surface area contributed by atoms with E-state index in [1.165, 1.54) is 14.2 Å². The summed E-state index contributed by atoms with van der Waals surface area (Å²) in [4.78, 5) is 23.1. The summed E-state index contributed by atoms with van der Waals surface area (Å²) in [7, 11) is 2.47. The quantitative estimate of drug-likeness (QED) is 0.443. The fraction of sp³-hybridized carbons (Fsp3) is 0.333. The lowest BCUT2D eigenvalue weighted by molar-refractivity contribution is -0.155. The van der Waals surface area contributed by atoms with Gasteiger partial charge in [-0.25, -0.2) is 8.78 Å². The summed E-state index contributed by atoms with van der Waals surface area (Å²) < 4.78 is 35.5. The number of rotatable bonds is 6. The predicted molar refractivity (Wildman–Crippen MR) is 58.1 cm³/mol. The van der Waals surface area contributed by atoms with Crippen molar-refractivity contribution < 1.29 is 27.8 Å². The summed E-state index contributed by atoms with van der Waals surface area (Å²) in [6.45, 7) is 0. The number of methoxy groups -OCH3 is 2. The van der Waals surface area contributed by atoms with Gasteiger partial charge in [-0.05, 0) is 18.2 Å². The van der Waals surface area contributed by atoms with Crippen LogP contribution in [-0.4, -0.2) is 32.1 Å². The lowest BCUT2D eigenvalue weighted by Crippen LogP contribution is -2.27. The lowest BCUT2D eigenvalue weighted by atomic mass is 10.1. The van der Waals surface area contributed by atoms with Gasteiger partial charge in [-0.3, -0.25) is 9.59 Å². The van der Waals surface area contributed by atoms with Crippen molar-refractivity contribution in [2.24, 2.45) is 0 Å². The summed E-state index contributed by atoms with van der Waals surface area (Å²) in [5, 5.41) is 0. The minimum atomic E-state index is -1.19. The van der Waals surface area contributed by atoms with E-state index in [2.05, 4.69) is 9.47 Å². The van der Waals surface area contributed by atoms with E-state index < -0.39 is 41.5 Å². The SMILES string of the molecule is COC(OC)C(=O)CC(=O)c1cc(F)ccc1F. The molecule has 0 amide bonds. The van der Waals surface area contributed by atoms with Gasteiger partial charge < -0.3 is 9.47 Å². The molecule has 0 atom stereocenters. The van der Waals surface area contributed by atoms with Crippen LogP contribution in [0.2, 0.25) is 0 Å². The van der Waals surface area contributed by atoms with E-state index in [9.17, 15) is 18.4 Å². The minimum Gasteiger partial charge on any atom is -0.349 e. The van der Waals surface area contributed by atoms with Crippen molar-refractivity contribution >= 4 is 11.6 Å². The maximum Gasteiger partial charge on any atom is 0.217 e. The van der Waals surface area contributed by atoms with Crippen LogP contribution in [-0.2, 0) is 14.3 Å². The maximum atomic E-state index is 13.3. The second kappa shape index (κ2) is 6.32. The largest absolute Gasteiger partial charge is 0.349 e. The highest BCUT2D eigenvalue weighted by atomic mass is 19.1. The first kappa shape index (κ1) is 14.4. The molecule has 0 saturated carbocycles. The molecule has 0 unspecified atom stereocenters. The zero-order valence-corrected chi connectivity index (χ0v) is 9.91. The Hall–Kier alpha value is -1.66. The molecular weight excluding hydrogens is 246 g/mol. The Bertz CT molecular complexity index is 455. The molecule has 0 N–H and O–H groups in total. The highest BCUT2D eigenvalue weighted by Crippen LogP contribution is 2.13. The number of hydrogen-bond acceptors (Lipinski definition) is 4. The molecule has 4 nitrogen and oxygen atoms in total. The van der Waals surface area contributed by atoms with Gasteiger partial charge in [0.2, 0.25) is 6.29 Å². The first-order valence-electron chi connectivity index (χ1n) is 5.06. The topological polar surface area (TPSA) is 52.6 Å². The molecule has 0 radical (unpaired) electrons. The normalized spacial score (nSPS) is 10.7. The number of ketones is 2. The van der Waals surface area contributed by atoms with Gasteiger partial charge in [-0.2, -0.15) is 0 Å². The van der Waals surface area contributed by atoms with Crippen LogP contribution in [0.1, 0.15) is 16.8 Å². The van der Waals surface area contributed by atoms with Gasteiger partial charge in [-0.15, -0.1) is 0 Å². The van der Waals surface area contributed by atoms with Crippen LogP contribution in [0.5, 0.6) is 0 Å². The Morgan fingerprint density at radius 3 is 2.39 bits per heavy atom. The Morgan fingerprint density at radius 2 is 1.83 bits per heavy atom. The zero-order chi connectivity index (χ0) is 13.7. The smallest absolute Gasteiger partial charge is 0.217 e. The van der Waals surface area contributed by atoms with E-state index >= 15 is 0 Å². The fourth-order valence-electron chi connectivity index (χ4n) is 1.41. The molecule has 1 aromatic rings. The highest BCUT2D eigenvalue weighted by molar-refractivity contribution is 6.08. The second-order valence-corrected chi connectivity index (χ2v) is 3.49. The molecule has 0 aliphatic rings. The summed E-state index contributed by atoms with van der Waals surface area (Å²) in [5.41, 5.74) is -0.464. The Balaban J connectivity index is 2.82. The molecule has 18 heavy (non-hydrogen) atoms. The van der Waals surface area contributed by atoms with Crippen LogP contribution >= 0.6 is 0 Å². The van der Waals surface area contributed by atoms with E-state index in [-0.39, 0.29) is 0 Å². The van der Waals surface area contributed by atoms with Crippen molar-refractivity contribution in [1.82, 2.24) is 0 Å². The van der Waals surface area contributed by atoms with E-state index in [0.717, 1.165) is 18.2 Å². The second-order valence-electron chi connectivity index (χ2n) is 3.49. The van der Waals surface area contributed by atoms with Crippen LogP contribution in [0.15, 0.2) is 18.2 Å². The molecule has 0 heterocycles. The van der Waals surface area contributed by atoms with Crippen LogP contribution in [0.3, 0.4) is 0 Å². The van der Waals surface area contributed by atoms with Crippen molar-refractivity contribution in [2.45, 2.75) is 12.7 Å². The predicted octanol–water partition coefficient (Wildman–Crippen LogP) is 1.73. The molecule has 6 heteroatoms. The van der Waals surface area contributed by atoms with Gasteiger partial charge in [0.15, 0.2) is 11.6 Å². The molecular formula is C12H12F2O4. The minimum absolute atomic E-state index is 0.464. The first-order chi connectivity index (χ1) is 8.49. The average Bonchev–Trinajstić information content (AvgIpc) is 2.33. The number of carbonyl (C=O) groups excluding carboxylic acids is 2. The third kappa shape index (κ3) is 3.41. The monoisotopic (exact) mass is 258 g/mol. The third-order valence-electron chi connectivity index (χ3n) is 2.25. The average molecular weight is 258 g/mol. The highest BCUT2D eigenvalue weighted by Gasteiger charge is 2.22. The molecule has 0 aromatic heterocycles. The number of carbonyl (C=O) groups is 2. The molecule has 98 valence electrons. The number of Topliss-reactive ketones (excluding diaryl/α,β-unsaturated/α-hetero) is 2. The number of halogens is 2. The van der Waals surface area contributed by atoms with Crippen molar-refractivity contribution in [2.75, 3.05) is 14.2 Å². The standard InChI is InChI=1S/C12H12F2O4/c1-17-12(18-2)11(16)6-10(15)8-5-7(13)3-4-9(8)14/h3-5,12H,6H2,1-2H3. The Kier molecular flexibility index (Phi) is 5.06. The van der Waals surface area contributed by atoms with E-state index in [1.54, 1.807) is 0 Å². The van der Waals surface area contributed by atoms with Crippen molar-refractivity contribution in [3.05, 3.63) is 35.4 Å². The number of ether oxygens (including phenoxy) is 2. The Morgan fingerprint density at radius 1 is 1.22 bits per heavy atom. The van der Waals surface area contributed by atoms with Crippen LogP contribution in [0.4, 0.5) is 8.78 Å². The summed E-state index contributed by atoms with van der Waals surface area (Å²) >= 11 is 0. The summed E-state index contributed by atoms with van der Waals surface area (Å²) in [6.07, 6.45) is -1.81. The molecule has 0 bridgehead atoms. The lowest BCUT2D eigenvalue weighted by Gasteiger charge is -2.11. The van der Waals surface area contributed by atoms with Gasteiger partial charge in [0, 0.05) is 14.2 Å². The van der Waals surface area contributed by atoms with E-state index in [1.807, 2.05) is 0 Å². The fourth-order valence-corrected chi connectivity index (χ4v) is 1.41. The Labute approximate surface area is 103 Å². The molecule has 0 saturated heterocycles. The third-order valence-corrected chi connectivity index (χ3v) is 2.25. The molecule has 0 fully saturated rings. The zero-order valence-electron chi connectivity index (χ0n) is 9.91. The molecule has 0 aliphatic heterocycles. The van der Waals surface area contributed by atoms with Gasteiger partial charge in [0.1, 0.15) is 11.6 Å². The van der Waals surface area contributed by atoms with Crippen LogP contribution in [0, 0.1) is 11.6 Å². The maximum absolute atomic E-state index is 13.3. The summed E-state index contributed by atoms with van der Waals surface area (Å²) in [6, 6.07) is 2.47. The van der Waals surface area contributed by atoms with Gasteiger partial charge >= 0.3 is 0 Å². The van der Waals surface area contributed by atoms with Gasteiger partial charge in [0.25, 0.3) is 0 Å². The van der Waals surface area contributed by atoms with Crippen molar-refractivity contribution in [1.29, 1.82) is 0 Å². The van der Waals surface area contributed by atoms with Crippen LogP contribution < -0.4 is 0 Å². The number of benzene rings is 1. The van der Waals surface area contributed by atoms with E-state index in [4.69, 9.17) is 0 Å². The first-order valence-corrected chi connectivity index (χ1v) is 5.06. The van der Waals surface area contributed by atoms with Gasteiger partial charge in [-0.1, -0.05) is 0 Å². The molecule has 1 rings (SSSR count). The van der Waals surface area contributed by atoms with E-state index in [0.29, 0.717) is 0 Å². The number of hydrogen-bond donors (Lipinski definition) is 0. The van der Waals surface area contributed by atoms with Crippen molar-refractivity contribution in [3.8, 4) is 0 Å². The molecule has 1 aromatic carbocycles. The van der Waals surface area contributed by atoms with Crippen LogP contribution in [0.25, 0.3) is 0 Å². The molecule has 0 aliphatic carbocycles. The summed E-state index contributed by atoms with van der Waals surface area (Å²) in [5.74, 6) is -3.10. The van der Waals surface area contributed by atoms with Gasteiger partial charge in [0.05, 0.1) is 12.0 Å².